The van der Waals surface area contributed by atoms with Crippen molar-refractivity contribution in [1.29, 1.82) is 0 Å². The molecule has 0 saturated heterocycles. The average molecular weight is 445 g/mol. The molecule has 0 aliphatic heterocycles. The maximum absolute atomic E-state index is 12.0. The molecule has 3 atom stereocenters. The first kappa shape index (κ1) is 25.6. The van der Waals surface area contributed by atoms with Gasteiger partial charge in [-0.05, 0) is 69.4 Å². The molecule has 1 aromatic rings. The highest BCUT2D eigenvalue weighted by Crippen LogP contribution is 2.51. The number of allylic oxidation sites excluding steroid dienone is 2. The van der Waals surface area contributed by atoms with Crippen molar-refractivity contribution in [2.45, 2.75) is 86.0 Å². The Labute approximate surface area is 191 Å². The Kier molecular flexibility index (Phi) is 9.05. The predicted molar refractivity (Wildman–Crippen MR) is 123 cm³/mol. The molecule has 6 heteroatoms. The maximum Gasteiger partial charge on any atom is 0.308 e. The Bertz CT molecular complexity index is 894. The van der Waals surface area contributed by atoms with E-state index in [0.29, 0.717) is 5.92 Å². The topological polar surface area (TPSA) is 78.9 Å². The standard InChI is InChI=1S/C26H36O6/c1-15(2)9-8-10-16(3)22-12-11-21(14-30-18(5)27)24-23(22)13-17(4)25(31-19(6)28)26(24)32-20(7)29/h9,13,16,21-22H,8,10-12,14H2,1-7H3. The van der Waals surface area contributed by atoms with Gasteiger partial charge in [-0.1, -0.05) is 24.6 Å². The van der Waals surface area contributed by atoms with E-state index in [0.717, 1.165) is 42.4 Å². The lowest BCUT2D eigenvalue weighted by molar-refractivity contribution is -0.141. The van der Waals surface area contributed by atoms with E-state index in [1.807, 2.05) is 13.0 Å². The molecule has 32 heavy (non-hydrogen) atoms. The third-order valence-corrected chi connectivity index (χ3v) is 5.97. The van der Waals surface area contributed by atoms with Gasteiger partial charge in [-0.2, -0.15) is 0 Å². The number of fused-ring (bicyclic) bond motifs is 1. The summed E-state index contributed by atoms with van der Waals surface area (Å²) in [5.74, 6) is -0.258. The van der Waals surface area contributed by atoms with Gasteiger partial charge in [0.15, 0.2) is 11.5 Å². The van der Waals surface area contributed by atoms with Crippen LogP contribution in [0.15, 0.2) is 17.7 Å². The van der Waals surface area contributed by atoms with E-state index in [-0.39, 0.29) is 35.9 Å². The van der Waals surface area contributed by atoms with Crippen LogP contribution >= 0.6 is 0 Å². The summed E-state index contributed by atoms with van der Waals surface area (Å²) in [6.45, 7) is 12.5. The molecule has 0 fully saturated rings. The molecule has 176 valence electrons. The highest BCUT2D eigenvalue weighted by Gasteiger charge is 2.36. The van der Waals surface area contributed by atoms with Crippen molar-refractivity contribution in [2.75, 3.05) is 6.61 Å². The van der Waals surface area contributed by atoms with E-state index in [4.69, 9.17) is 14.2 Å². The highest BCUT2D eigenvalue weighted by molar-refractivity contribution is 5.76. The van der Waals surface area contributed by atoms with E-state index in [1.54, 1.807) is 0 Å². The van der Waals surface area contributed by atoms with Crippen LogP contribution in [0.5, 0.6) is 11.5 Å². The molecule has 6 nitrogen and oxygen atoms in total. The number of esters is 3. The summed E-state index contributed by atoms with van der Waals surface area (Å²) in [4.78, 5) is 35.3. The van der Waals surface area contributed by atoms with Crippen LogP contribution in [-0.4, -0.2) is 24.5 Å². The molecule has 0 saturated carbocycles. The molecule has 0 bridgehead atoms. The van der Waals surface area contributed by atoms with Crippen LogP contribution in [0.25, 0.3) is 0 Å². The van der Waals surface area contributed by atoms with Gasteiger partial charge < -0.3 is 14.2 Å². The second-order valence-electron chi connectivity index (χ2n) is 9.06. The smallest absolute Gasteiger partial charge is 0.308 e. The van der Waals surface area contributed by atoms with Crippen molar-refractivity contribution >= 4 is 17.9 Å². The van der Waals surface area contributed by atoms with E-state index in [1.165, 1.54) is 26.3 Å². The summed E-state index contributed by atoms with van der Waals surface area (Å²) in [7, 11) is 0. The second-order valence-corrected chi connectivity index (χ2v) is 9.06. The van der Waals surface area contributed by atoms with Crippen LogP contribution in [0.1, 0.15) is 95.8 Å². The third-order valence-electron chi connectivity index (χ3n) is 5.97. The first-order valence-corrected chi connectivity index (χ1v) is 11.3. The molecule has 0 amide bonds. The molecule has 2 rings (SSSR count). The monoisotopic (exact) mass is 444 g/mol. The van der Waals surface area contributed by atoms with E-state index < -0.39 is 11.9 Å². The molecule has 1 aliphatic carbocycles. The lowest BCUT2D eigenvalue weighted by atomic mass is 9.70. The van der Waals surface area contributed by atoms with Gasteiger partial charge in [0.1, 0.15) is 0 Å². The Morgan fingerprint density at radius 2 is 1.62 bits per heavy atom. The molecule has 3 unspecified atom stereocenters. The predicted octanol–water partition coefficient (Wildman–Crippen LogP) is 5.75. The van der Waals surface area contributed by atoms with Gasteiger partial charge in [0.05, 0.1) is 6.61 Å². The Hall–Kier alpha value is -2.63. The maximum atomic E-state index is 12.0. The molecule has 1 aliphatic rings. The summed E-state index contributed by atoms with van der Waals surface area (Å²) in [5, 5.41) is 0. The van der Waals surface area contributed by atoms with Crippen molar-refractivity contribution in [3.8, 4) is 11.5 Å². The number of carbonyl (C=O) groups is 3. The summed E-state index contributed by atoms with van der Waals surface area (Å²) in [5.41, 5.74) is 3.95. The molecule has 1 aromatic carbocycles. The summed E-state index contributed by atoms with van der Waals surface area (Å²) in [6, 6.07) is 2.04. The van der Waals surface area contributed by atoms with Crippen molar-refractivity contribution in [3.05, 3.63) is 34.4 Å². The number of aryl methyl sites for hydroxylation is 1. The fourth-order valence-electron chi connectivity index (χ4n) is 4.54. The van der Waals surface area contributed by atoms with Gasteiger partial charge in [-0.25, -0.2) is 0 Å². The van der Waals surface area contributed by atoms with Crippen molar-refractivity contribution < 1.29 is 28.6 Å². The first-order chi connectivity index (χ1) is 15.0. The Morgan fingerprint density at radius 1 is 1.00 bits per heavy atom. The zero-order chi connectivity index (χ0) is 24.0. The largest absolute Gasteiger partial charge is 0.465 e. The molecule has 0 radical (unpaired) electrons. The van der Waals surface area contributed by atoms with Crippen molar-refractivity contribution in [2.24, 2.45) is 5.92 Å². The van der Waals surface area contributed by atoms with E-state index >= 15 is 0 Å². The van der Waals surface area contributed by atoms with Crippen LogP contribution in [0.2, 0.25) is 0 Å². The molecular weight excluding hydrogens is 408 g/mol. The number of rotatable bonds is 8. The number of benzene rings is 1. The molecule has 0 heterocycles. The summed E-state index contributed by atoms with van der Waals surface area (Å²) < 4.78 is 16.5. The SMILES string of the molecule is CC(=O)OCC1CCC(C(C)CCC=C(C)C)c2cc(C)c(OC(C)=O)c(OC(C)=O)c21. The zero-order valence-corrected chi connectivity index (χ0v) is 20.4. The molecular formula is C26H36O6. The van der Waals surface area contributed by atoms with Gasteiger partial charge in [-0.15, -0.1) is 0 Å². The third kappa shape index (κ3) is 6.68. The van der Waals surface area contributed by atoms with Gasteiger partial charge in [-0.3, -0.25) is 14.4 Å². The van der Waals surface area contributed by atoms with Gasteiger partial charge in [0, 0.05) is 32.3 Å². The minimum absolute atomic E-state index is 0.139. The normalized spacial score (nSPS) is 18.2. The minimum atomic E-state index is -0.490. The van der Waals surface area contributed by atoms with Crippen LogP contribution in [0.4, 0.5) is 0 Å². The number of hydrogen-bond donors (Lipinski definition) is 0. The average Bonchev–Trinajstić information content (AvgIpc) is 2.67. The second kappa shape index (κ2) is 11.3. The fourth-order valence-corrected chi connectivity index (χ4v) is 4.54. The van der Waals surface area contributed by atoms with Crippen molar-refractivity contribution in [3.63, 3.8) is 0 Å². The molecule has 0 N–H and O–H groups in total. The van der Waals surface area contributed by atoms with Gasteiger partial charge in [0.2, 0.25) is 0 Å². The van der Waals surface area contributed by atoms with Gasteiger partial charge >= 0.3 is 17.9 Å². The summed E-state index contributed by atoms with van der Waals surface area (Å²) >= 11 is 0. The van der Waals surface area contributed by atoms with E-state index in [2.05, 4.69) is 26.8 Å². The van der Waals surface area contributed by atoms with Crippen LogP contribution < -0.4 is 9.47 Å². The number of ether oxygens (including phenoxy) is 3. The van der Waals surface area contributed by atoms with Crippen molar-refractivity contribution in [1.82, 2.24) is 0 Å². The first-order valence-electron chi connectivity index (χ1n) is 11.3. The summed E-state index contributed by atoms with van der Waals surface area (Å²) in [6.07, 6.45) is 6.03. The molecule has 0 aromatic heterocycles. The fraction of sp³-hybridized carbons (Fsp3) is 0.577. The van der Waals surface area contributed by atoms with Crippen LogP contribution in [0.3, 0.4) is 0 Å². The van der Waals surface area contributed by atoms with Crippen LogP contribution in [-0.2, 0) is 19.1 Å². The Balaban J connectivity index is 2.59. The lowest BCUT2D eigenvalue weighted by Gasteiger charge is -2.36. The van der Waals surface area contributed by atoms with Gasteiger partial charge in [0.25, 0.3) is 0 Å². The molecule has 0 spiro atoms. The zero-order valence-electron chi connectivity index (χ0n) is 20.4. The Morgan fingerprint density at radius 3 is 2.19 bits per heavy atom. The van der Waals surface area contributed by atoms with Crippen LogP contribution in [0, 0.1) is 12.8 Å². The lowest BCUT2D eigenvalue weighted by Crippen LogP contribution is -2.25. The highest BCUT2D eigenvalue weighted by atomic mass is 16.6. The number of hydrogen-bond acceptors (Lipinski definition) is 6. The quantitative estimate of drug-likeness (QED) is 0.288. The number of carbonyl (C=O) groups excluding carboxylic acids is 3. The van der Waals surface area contributed by atoms with E-state index in [9.17, 15) is 14.4 Å². The minimum Gasteiger partial charge on any atom is -0.465 e.